The Labute approximate surface area is 127 Å². The van der Waals surface area contributed by atoms with Crippen LogP contribution in [-0.4, -0.2) is 31.7 Å². The molecule has 0 bridgehead atoms. The number of benzene rings is 1. The molecule has 1 heterocycles. The van der Waals surface area contributed by atoms with Crippen LogP contribution in [0.3, 0.4) is 0 Å². The molecule has 0 unspecified atom stereocenters. The number of halogens is 3. The Hall–Kier alpha value is -1.60. The number of ether oxygens (including phenoxy) is 1. The number of nitrogens with one attached hydrogen (secondary N) is 2. The van der Waals surface area contributed by atoms with Crippen LogP contribution in [0.5, 0.6) is 0 Å². The standard InChI is InChI=1S/C15H19F3N2O2/c1-10-3-4-11(15(16,17)18)9-12(10)20-13(21)14(22-2)5-7-19-8-6-14/h3-4,9,19H,5-8H2,1-2H3,(H,20,21). The molecule has 22 heavy (non-hydrogen) atoms. The number of rotatable bonds is 3. The maximum atomic E-state index is 12.8. The van der Waals surface area contributed by atoms with Gasteiger partial charge in [-0.3, -0.25) is 4.79 Å². The van der Waals surface area contributed by atoms with E-state index >= 15 is 0 Å². The lowest BCUT2D eigenvalue weighted by atomic mass is 9.91. The lowest BCUT2D eigenvalue weighted by molar-refractivity contribution is -0.141. The first-order valence-corrected chi connectivity index (χ1v) is 7.04. The van der Waals surface area contributed by atoms with Crippen molar-refractivity contribution in [1.29, 1.82) is 0 Å². The van der Waals surface area contributed by atoms with Crippen molar-refractivity contribution in [2.75, 3.05) is 25.5 Å². The average molecular weight is 316 g/mol. The molecule has 1 saturated heterocycles. The van der Waals surface area contributed by atoms with Crippen LogP contribution in [0.25, 0.3) is 0 Å². The van der Waals surface area contributed by atoms with Crippen molar-refractivity contribution in [2.45, 2.75) is 31.5 Å². The first-order valence-electron chi connectivity index (χ1n) is 7.04. The first kappa shape index (κ1) is 16.8. The van der Waals surface area contributed by atoms with Crippen molar-refractivity contribution in [3.05, 3.63) is 29.3 Å². The van der Waals surface area contributed by atoms with Gasteiger partial charge in [-0.05, 0) is 50.6 Å². The second kappa shape index (κ2) is 6.26. The number of anilines is 1. The molecule has 1 fully saturated rings. The fraction of sp³-hybridized carbons (Fsp3) is 0.533. The van der Waals surface area contributed by atoms with Crippen molar-refractivity contribution in [3.8, 4) is 0 Å². The summed E-state index contributed by atoms with van der Waals surface area (Å²) in [5.41, 5.74) is -1.05. The number of piperidine rings is 1. The molecule has 0 aliphatic carbocycles. The molecule has 1 aromatic rings. The minimum absolute atomic E-state index is 0.162. The molecule has 122 valence electrons. The topological polar surface area (TPSA) is 50.4 Å². The zero-order valence-corrected chi connectivity index (χ0v) is 12.5. The van der Waals surface area contributed by atoms with E-state index in [1.54, 1.807) is 6.92 Å². The maximum absolute atomic E-state index is 12.8. The molecular formula is C15H19F3N2O2. The van der Waals surface area contributed by atoms with E-state index in [-0.39, 0.29) is 5.69 Å². The number of carbonyl (C=O) groups excluding carboxylic acids is 1. The predicted molar refractivity (Wildman–Crippen MR) is 76.7 cm³/mol. The molecule has 1 aliphatic rings. The number of amides is 1. The third kappa shape index (κ3) is 3.41. The van der Waals surface area contributed by atoms with E-state index in [4.69, 9.17) is 4.74 Å². The van der Waals surface area contributed by atoms with Gasteiger partial charge in [-0.25, -0.2) is 0 Å². The van der Waals surface area contributed by atoms with Gasteiger partial charge in [0.1, 0.15) is 5.60 Å². The number of aryl methyl sites for hydroxylation is 1. The van der Waals surface area contributed by atoms with Crippen molar-refractivity contribution in [3.63, 3.8) is 0 Å². The molecule has 1 aromatic carbocycles. The second-order valence-corrected chi connectivity index (χ2v) is 5.43. The number of hydrogen-bond acceptors (Lipinski definition) is 3. The summed E-state index contributed by atoms with van der Waals surface area (Å²) >= 11 is 0. The van der Waals surface area contributed by atoms with E-state index in [0.29, 0.717) is 31.5 Å². The predicted octanol–water partition coefficient (Wildman–Crippen LogP) is 2.72. The third-order valence-electron chi connectivity index (χ3n) is 4.03. The van der Waals surface area contributed by atoms with Gasteiger partial charge in [0.05, 0.1) is 5.56 Å². The second-order valence-electron chi connectivity index (χ2n) is 5.43. The first-order chi connectivity index (χ1) is 10.3. The Morgan fingerprint density at radius 3 is 2.50 bits per heavy atom. The van der Waals surface area contributed by atoms with E-state index < -0.39 is 23.2 Å². The summed E-state index contributed by atoms with van der Waals surface area (Å²) in [6, 6.07) is 3.31. The van der Waals surface area contributed by atoms with Gasteiger partial charge >= 0.3 is 6.18 Å². The molecule has 1 aliphatic heterocycles. The average Bonchev–Trinajstić information content (AvgIpc) is 2.49. The van der Waals surface area contributed by atoms with Crippen LogP contribution in [0.15, 0.2) is 18.2 Å². The monoisotopic (exact) mass is 316 g/mol. The highest BCUT2D eigenvalue weighted by atomic mass is 19.4. The molecule has 2 rings (SSSR count). The smallest absolute Gasteiger partial charge is 0.368 e. The molecule has 0 saturated carbocycles. The lowest BCUT2D eigenvalue weighted by Crippen LogP contribution is -2.51. The van der Waals surface area contributed by atoms with Crippen molar-refractivity contribution in [2.24, 2.45) is 0 Å². The van der Waals surface area contributed by atoms with E-state index in [1.807, 2.05) is 0 Å². The molecule has 0 radical (unpaired) electrons. The number of alkyl halides is 3. The van der Waals surface area contributed by atoms with Crippen LogP contribution in [0, 0.1) is 6.92 Å². The SMILES string of the molecule is COC1(C(=O)Nc2cc(C(F)(F)F)ccc2C)CCNCC1. The highest BCUT2D eigenvalue weighted by molar-refractivity contribution is 5.98. The van der Waals surface area contributed by atoms with Crippen LogP contribution in [0.1, 0.15) is 24.0 Å². The minimum Gasteiger partial charge on any atom is -0.368 e. The zero-order valence-electron chi connectivity index (χ0n) is 12.5. The molecule has 0 aromatic heterocycles. The largest absolute Gasteiger partial charge is 0.416 e. The van der Waals surface area contributed by atoms with E-state index in [9.17, 15) is 18.0 Å². The van der Waals surface area contributed by atoms with Gasteiger partial charge < -0.3 is 15.4 Å². The highest BCUT2D eigenvalue weighted by Gasteiger charge is 2.40. The number of methoxy groups -OCH3 is 1. The Kier molecular flexibility index (Phi) is 4.77. The third-order valence-corrected chi connectivity index (χ3v) is 4.03. The summed E-state index contributed by atoms with van der Waals surface area (Å²) < 4.78 is 43.7. The fourth-order valence-corrected chi connectivity index (χ4v) is 2.52. The maximum Gasteiger partial charge on any atom is 0.416 e. The summed E-state index contributed by atoms with van der Waals surface area (Å²) in [6.45, 7) is 2.91. The highest BCUT2D eigenvalue weighted by Crippen LogP contribution is 2.33. The molecule has 2 N–H and O–H groups in total. The molecule has 1 amide bonds. The molecular weight excluding hydrogens is 297 g/mol. The van der Waals surface area contributed by atoms with Crippen LogP contribution in [0.4, 0.5) is 18.9 Å². The molecule has 7 heteroatoms. The Balaban J connectivity index is 2.24. The van der Waals surface area contributed by atoms with Gasteiger partial charge in [0.2, 0.25) is 0 Å². The summed E-state index contributed by atoms with van der Waals surface area (Å²) in [5.74, 6) is -0.404. The summed E-state index contributed by atoms with van der Waals surface area (Å²) in [5, 5.41) is 5.72. The summed E-state index contributed by atoms with van der Waals surface area (Å²) in [6.07, 6.45) is -3.48. The van der Waals surface area contributed by atoms with Gasteiger partial charge in [0.15, 0.2) is 0 Å². The van der Waals surface area contributed by atoms with Crippen LogP contribution in [-0.2, 0) is 15.7 Å². The molecule has 0 atom stereocenters. The van der Waals surface area contributed by atoms with E-state index in [2.05, 4.69) is 10.6 Å². The van der Waals surface area contributed by atoms with Crippen LogP contribution >= 0.6 is 0 Å². The lowest BCUT2D eigenvalue weighted by Gasteiger charge is -2.35. The summed E-state index contributed by atoms with van der Waals surface area (Å²) in [4.78, 5) is 12.5. The normalized spacial score (nSPS) is 18.0. The molecule has 4 nitrogen and oxygen atoms in total. The van der Waals surface area contributed by atoms with Gasteiger partial charge in [-0.15, -0.1) is 0 Å². The van der Waals surface area contributed by atoms with Crippen molar-refractivity contribution < 1.29 is 22.7 Å². The fourth-order valence-electron chi connectivity index (χ4n) is 2.52. The number of carbonyl (C=O) groups is 1. The van der Waals surface area contributed by atoms with Gasteiger partial charge in [-0.1, -0.05) is 6.07 Å². The summed E-state index contributed by atoms with van der Waals surface area (Å²) in [7, 11) is 1.45. The van der Waals surface area contributed by atoms with Crippen LogP contribution in [0.2, 0.25) is 0 Å². The van der Waals surface area contributed by atoms with Gasteiger partial charge in [-0.2, -0.15) is 13.2 Å². The Morgan fingerprint density at radius 1 is 1.32 bits per heavy atom. The van der Waals surface area contributed by atoms with E-state index in [1.165, 1.54) is 13.2 Å². The van der Waals surface area contributed by atoms with Crippen molar-refractivity contribution in [1.82, 2.24) is 5.32 Å². The zero-order chi connectivity index (χ0) is 16.4. The Morgan fingerprint density at radius 2 is 1.95 bits per heavy atom. The Bertz CT molecular complexity index is 552. The van der Waals surface area contributed by atoms with Gasteiger partial charge in [0.25, 0.3) is 5.91 Å². The van der Waals surface area contributed by atoms with E-state index in [0.717, 1.165) is 12.1 Å². The number of hydrogen-bond donors (Lipinski definition) is 2. The van der Waals surface area contributed by atoms with Gasteiger partial charge in [0, 0.05) is 12.8 Å². The molecule has 0 spiro atoms. The quantitative estimate of drug-likeness (QED) is 0.901. The van der Waals surface area contributed by atoms with Crippen LogP contribution < -0.4 is 10.6 Å². The van der Waals surface area contributed by atoms with Crippen molar-refractivity contribution >= 4 is 11.6 Å². The minimum atomic E-state index is -4.44.